The number of carbonyl (C=O) groups is 1. The van der Waals surface area contributed by atoms with Crippen molar-refractivity contribution >= 4 is 17.4 Å². The van der Waals surface area contributed by atoms with Crippen molar-refractivity contribution in [3.8, 4) is 0 Å². The van der Waals surface area contributed by atoms with Crippen molar-refractivity contribution in [2.45, 2.75) is 64.6 Å². The average molecular weight is 324 g/mol. The Morgan fingerprint density at radius 2 is 2.18 bits per heavy atom. The first-order valence-corrected chi connectivity index (χ1v) is 9.00. The number of rotatable bonds is 3. The third kappa shape index (κ3) is 5.29. The molecule has 4 nitrogen and oxygen atoms in total. The van der Waals surface area contributed by atoms with E-state index < -0.39 is 5.60 Å². The molecule has 0 radical (unpaired) electrons. The Labute approximate surface area is 137 Å². The van der Waals surface area contributed by atoms with Crippen molar-refractivity contribution in [1.29, 1.82) is 0 Å². The van der Waals surface area contributed by atoms with Crippen LogP contribution in [0.1, 0.15) is 57.9 Å². The Morgan fingerprint density at radius 1 is 1.41 bits per heavy atom. The molecule has 0 aliphatic carbocycles. The van der Waals surface area contributed by atoms with Gasteiger partial charge in [-0.2, -0.15) is 0 Å². The first kappa shape index (κ1) is 17.3. The van der Waals surface area contributed by atoms with Crippen LogP contribution in [0.25, 0.3) is 0 Å². The minimum Gasteiger partial charge on any atom is -0.444 e. The lowest BCUT2D eigenvalue weighted by Gasteiger charge is -2.26. The maximum atomic E-state index is 12.2. The predicted octanol–water partition coefficient (Wildman–Crippen LogP) is 4.19. The fraction of sp³-hybridized carbons (Fsp3) is 0.706. The van der Waals surface area contributed by atoms with Crippen molar-refractivity contribution < 1.29 is 9.53 Å². The molecule has 0 aromatic carbocycles. The summed E-state index contributed by atoms with van der Waals surface area (Å²) < 4.78 is 5.48. The van der Waals surface area contributed by atoms with Gasteiger partial charge in [-0.05, 0) is 58.4 Å². The number of likely N-dealkylation sites (tertiary alicyclic amines) is 1. The van der Waals surface area contributed by atoms with Crippen LogP contribution in [0.4, 0.5) is 4.79 Å². The first-order valence-electron chi connectivity index (χ1n) is 8.12. The molecule has 1 fully saturated rings. The van der Waals surface area contributed by atoms with Crippen LogP contribution in [0.2, 0.25) is 0 Å². The molecule has 0 bridgehead atoms. The zero-order chi connectivity index (χ0) is 16.2. The van der Waals surface area contributed by atoms with E-state index in [9.17, 15) is 4.79 Å². The molecule has 2 rings (SSSR count). The number of carbonyl (C=O) groups excluding carboxylic acids is 1. The molecular formula is C17H28N2O2S. The SMILES string of the molecule is CC(NC1CCCN(C(=O)OC(C)(C)C)CC1)c1cccs1. The maximum Gasteiger partial charge on any atom is 0.410 e. The van der Waals surface area contributed by atoms with Gasteiger partial charge in [-0.3, -0.25) is 0 Å². The number of ether oxygens (including phenoxy) is 1. The van der Waals surface area contributed by atoms with Gasteiger partial charge in [0.2, 0.25) is 0 Å². The summed E-state index contributed by atoms with van der Waals surface area (Å²) in [6, 6.07) is 5.10. The standard InChI is InChI=1S/C17H28N2O2S/c1-13(15-8-6-12-22-15)18-14-7-5-10-19(11-9-14)16(20)21-17(2,3)4/h6,8,12-14,18H,5,7,9-11H2,1-4H3. The van der Waals surface area contributed by atoms with Crippen molar-refractivity contribution in [3.05, 3.63) is 22.4 Å². The number of nitrogens with zero attached hydrogens (tertiary/aromatic N) is 1. The molecule has 1 aromatic rings. The molecule has 0 saturated carbocycles. The van der Waals surface area contributed by atoms with E-state index >= 15 is 0 Å². The lowest BCUT2D eigenvalue weighted by Crippen LogP contribution is -2.38. The molecule has 1 aromatic heterocycles. The van der Waals surface area contributed by atoms with Gasteiger partial charge in [0.05, 0.1) is 0 Å². The quantitative estimate of drug-likeness (QED) is 0.906. The van der Waals surface area contributed by atoms with Crippen LogP contribution < -0.4 is 5.32 Å². The Balaban J connectivity index is 1.83. The van der Waals surface area contributed by atoms with Gasteiger partial charge in [0.15, 0.2) is 0 Å². The van der Waals surface area contributed by atoms with E-state index in [0.717, 1.165) is 32.4 Å². The van der Waals surface area contributed by atoms with Crippen LogP contribution in [-0.4, -0.2) is 35.7 Å². The monoisotopic (exact) mass is 324 g/mol. The molecule has 124 valence electrons. The third-order valence-corrected chi connectivity index (χ3v) is 4.89. The molecule has 2 heterocycles. The summed E-state index contributed by atoms with van der Waals surface area (Å²) in [7, 11) is 0. The molecule has 5 heteroatoms. The second-order valence-electron chi connectivity index (χ2n) is 7.00. The van der Waals surface area contributed by atoms with Crippen molar-refractivity contribution in [2.75, 3.05) is 13.1 Å². The second kappa shape index (κ2) is 7.47. The summed E-state index contributed by atoms with van der Waals surface area (Å²) in [6.07, 6.45) is 2.93. The molecule has 1 aliphatic heterocycles. The number of amides is 1. The zero-order valence-corrected chi connectivity index (χ0v) is 14.9. The van der Waals surface area contributed by atoms with E-state index in [4.69, 9.17) is 4.74 Å². The normalized spacial score (nSPS) is 21.3. The highest BCUT2D eigenvalue weighted by molar-refractivity contribution is 7.10. The average Bonchev–Trinajstić information content (AvgIpc) is 2.84. The molecule has 1 aliphatic rings. The van der Waals surface area contributed by atoms with Crippen molar-refractivity contribution in [2.24, 2.45) is 0 Å². The van der Waals surface area contributed by atoms with Gasteiger partial charge in [-0.15, -0.1) is 11.3 Å². The van der Waals surface area contributed by atoms with Crippen molar-refractivity contribution in [1.82, 2.24) is 10.2 Å². The number of hydrogen-bond acceptors (Lipinski definition) is 4. The predicted molar refractivity (Wildman–Crippen MR) is 91.3 cm³/mol. The van der Waals surface area contributed by atoms with Crippen LogP contribution in [-0.2, 0) is 4.74 Å². The van der Waals surface area contributed by atoms with Gasteiger partial charge in [-0.25, -0.2) is 4.79 Å². The summed E-state index contributed by atoms with van der Waals surface area (Å²) in [5.74, 6) is 0. The number of hydrogen-bond donors (Lipinski definition) is 1. The van der Waals surface area contributed by atoms with Crippen LogP contribution in [0, 0.1) is 0 Å². The zero-order valence-electron chi connectivity index (χ0n) is 14.1. The van der Waals surface area contributed by atoms with Crippen LogP contribution in [0.3, 0.4) is 0 Å². The minimum absolute atomic E-state index is 0.181. The fourth-order valence-corrected chi connectivity index (χ4v) is 3.49. The lowest BCUT2D eigenvalue weighted by molar-refractivity contribution is 0.0256. The van der Waals surface area contributed by atoms with Gasteiger partial charge >= 0.3 is 6.09 Å². The van der Waals surface area contributed by atoms with E-state index in [1.165, 1.54) is 4.88 Å². The summed E-state index contributed by atoms with van der Waals surface area (Å²) in [4.78, 5) is 15.4. The lowest BCUT2D eigenvalue weighted by atomic mass is 10.1. The van der Waals surface area contributed by atoms with Gasteiger partial charge < -0.3 is 15.0 Å². The molecule has 2 atom stereocenters. The van der Waals surface area contributed by atoms with Gasteiger partial charge in [-0.1, -0.05) is 6.07 Å². The highest BCUT2D eigenvalue weighted by Crippen LogP contribution is 2.22. The topological polar surface area (TPSA) is 41.6 Å². The Bertz CT molecular complexity index is 468. The maximum absolute atomic E-state index is 12.2. The van der Waals surface area contributed by atoms with E-state index in [0.29, 0.717) is 12.1 Å². The van der Waals surface area contributed by atoms with E-state index in [1.54, 1.807) is 11.3 Å². The van der Waals surface area contributed by atoms with E-state index in [1.807, 2.05) is 25.7 Å². The Hall–Kier alpha value is -1.07. The van der Waals surface area contributed by atoms with Crippen LogP contribution in [0.15, 0.2) is 17.5 Å². The smallest absolute Gasteiger partial charge is 0.410 e. The Morgan fingerprint density at radius 3 is 2.82 bits per heavy atom. The van der Waals surface area contributed by atoms with Crippen molar-refractivity contribution in [3.63, 3.8) is 0 Å². The number of thiophene rings is 1. The Kier molecular flexibility index (Phi) is 5.87. The van der Waals surface area contributed by atoms with Gasteiger partial charge in [0, 0.05) is 30.1 Å². The van der Waals surface area contributed by atoms with E-state index in [2.05, 4.69) is 29.8 Å². The van der Waals surface area contributed by atoms with Gasteiger partial charge in [0.1, 0.15) is 5.60 Å². The van der Waals surface area contributed by atoms with Gasteiger partial charge in [0.25, 0.3) is 0 Å². The number of nitrogens with one attached hydrogen (secondary N) is 1. The van der Waals surface area contributed by atoms with Crippen LogP contribution >= 0.6 is 11.3 Å². The molecule has 22 heavy (non-hydrogen) atoms. The van der Waals surface area contributed by atoms with Crippen LogP contribution in [0.5, 0.6) is 0 Å². The minimum atomic E-state index is -0.422. The van der Waals surface area contributed by atoms with E-state index in [-0.39, 0.29) is 6.09 Å². The second-order valence-corrected chi connectivity index (χ2v) is 7.98. The fourth-order valence-electron chi connectivity index (χ4n) is 2.75. The molecule has 0 spiro atoms. The summed E-state index contributed by atoms with van der Waals surface area (Å²) in [5.41, 5.74) is -0.422. The molecule has 1 amide bonds. The first-order chi connectivity index (χ1) is 10.3. The third-order valence-electron chi connectivity index (χ3n) is 3.84. The molecule has 1 saturated heterocycles. The highest BCUT2D eigenvalue weighted by Gasteiger charge is 2.25. The summed E-state index contributed by atoms with van der Waals surface area (Å²) >= 11 is 1.79. The summed E-state index contributed by atoms with van der Waals surface area (Å²) in [6.45, 7) is 9.51. The largest absolute Gasteiger partial charge is 0.444 e. The molecule has 2 unspecified atom stereocenters. The summed E-state index contributed by atoms with van der Waals surface area (Å²) in [5, 5.41) is 5.82. The highest BCUT2D eigenvalue weighted by atomic mass is 32.1. The molecular weight excluding hydrogens is 296 g/mol. The molecule has 1 N–H and O–H groups in total.